The molecule has 5 heteroatoms. The highest BCUT2D eigenvalue weighted by atomic mass is 32.2. The topological polar surface area (TPSA) is 35.6 Å². The minimum Gasteiger partial charge on any atom is -0.293 e. The molecule has 0 N–H and O–H groups in total. The Morgan fingerprint density at radius 2 is 1.18 bits per heavy atom. The Labute approximate surface area is 285 Å². The molecule has 0 amide bonds. The zero-order valence-electron chi connectivity index (χ0n) is 26.2. The van der Waals surface area contributed by atoms with Gasteiger partial charge >= 0.3 is 0 Å². The Hall–Kier alpha value is -6.17. The van der Waals surface area contributed by atoms with Crippen LogP contribution in [0.15, 0.2) is 168 Å². The van der Waals surface area contributed by atoms with Crippen LogP contribution in [0.4, 0.5) is 0 Å². The van der Waals surface area contributed by atoms with E-state index in [1.165, 1.54) is 42.7 Å². The van der Waals surface area contributed by atoms with Gasteiger partial charge in [-0.1, -0.05) is 133 Å². The summed E-state index contributed by atoms with van der Waals surface area (Å²) < 4.78 is 4.74. The Bertz CT molecular complexity index is 2970. The van der Waals surface area contributed by atoms with Crippen LogP contribution in [0.3, 0.4) is 0 Å². The van der Waals surface area contributed by atoms with Gasteiger partial charge in [-0.15, -0.1) is 0 Å². The third kappa shape index (κ3) is 3.82. The molecule has 0 spiro atoms. The fourth-order valence-electron chi connectivity index (χ4n) is 7.78. The van der Waals surface area contributed by atoms with Crippen LogP contribution >= 0.6 is 11.8 Å². The quantitative estimate of drug-likeness (QED) is 0.180. The first kappa shape index (κ1) is 26.9. The maximum atomic E-state index is 5.53. The first-order valence-corrected chi connectivity index (χ1v) is 17.3. The fourth-order valence-corrected chi connectivity index (χ4v) is 8.87. The molecule has 0 atom stereocenters. The molecule has 0 radical (unpaired) electrons. The zero-order chi connectivity index (χ0) is 32.1. The molecule has 7 aromatic carbocycles. The second kappa shape index (κ2) is 10.2. The van der Waals surface area contributed by atoms with Gasteiger partial charge in [0.25, 0.3) is 0 Å². The highest BCUT2D eigenvalue weighted by Gasteiger charge is 2.28. The van der Waals surface area contributed by atoms with Crippen molar-refractivity contribution < 1.29 is 0 Å². The van der Waals surface area contributed by atoms with Crippen LogP contribution in [0.5, 0.6) is 0 Å². The maximum absolute atomic E-state index is 5.53. The summed E-state index contributed by atoms with van der Waals surface area (Å²) >= 11 is 1.84. The second-order valence-electron chi connectivity index (χ2n) is 12.6. The summed E-state index contributed by atoms with van der Waals surface area (Å²) in [4.78, 5) is 13.5. The van der Waals surface area contributed by atoms with Crippen LogP contribution in [0, 0.1) is 0 Å². The van der Waals surface area contributed by atoms with E-state index < -0.39 is 0 Å². The number of fused-ring (bicyclic) bond motifs is 10. The van der Waals surface area contributed by atoms with Crippen molar-refractivity contribution in [2.24, 2.45) is 0 Å². The van der Waals surface area contributed by atoms with Gasteiger partial charge < -0.3 is 0 Å². The monoisotopic (exact) mass is 642 g/mol. The fraction of sp³-hybridized carbons (Fsp3) is 0. The lowest BCUT2D eigenvalue weighted by Crippen LogP contribution is -2.08. The average Bonchev–Trinajstić information content (AvgIpc) is 3.69. The van der Waals surface area contributed by atoms with Gasteiger partial charge in [0.15, 0.2) is 0 Å². The molecule has 0 saturated heterocycles. The molecule has 4 heterocycles. The highest BCUT2D eigenvalue weighted by Crippen LogP contribution is 2.49. The van der Waals surface area contributed by atoms with E-state index in [1.807, 2.05) is 11.8 Å². The molecular weight excluding hydrogens is 617 g/mol. The van der Waals surface area contributed by atoms with E-state index in [0.717, 1.165) is 49.7 Å². The summed E-state index contributed by atoms with van der Waals surface area (Å²) in [6, 6.07) is 56.3. The maximum Gasteiger partial charge on any atom is 0.237 e. The number of hydrogen-bond donors (Lipinski definition) is 0. The van der Waals surface area contributed by atoms with Gasteiger partial charge in [-0.2, -0.15) is 0 Å². The van der Waals surface area contributed by atoms with Crippen LogP contribution in [0.2, 0.25) is 0 Å². The van der Waals surface area contributed by atoms with Crippen molar-refractivity contribution >= 4 is 66.3 Å². The summed E-state index contributed by atoms with van der Waals surface area (Å²) in [5.41, 5.74) is 9.84. The summed E-state index contributed by atoms with van der Waals surface area (Å²) in [5.74, 6) is 0.659. The molecule has 228 valence electrons. The van der Waals surface area contributed by atoms with E-state index in [9.17, 15) is 0 Å². The van der Waals surface area contributed by atoms with Crippen molar-refractivity contribution in [2.75, 3.05) is 0 Å². The second-order valence-corrected chi connectivity index (χ2v) is 13.7. The molecule has 0 bridgehead atoms. The van der Waals surface area contributed by atoms with Gasteiger partial charge in [-0.3, -0.25) is 9.13 Å². The van der Waals surface area contributed by atoms with Crippen molar-refractivity contribution in [2.45, 2.75) is 9.79 Å². The third-order valence-corrected chi connectivity index (χ3v) is 11.0. The lowest BCUT2D eigenvalue weighted by Gasteiger charge is -2.21. The SMILES string of the molecule is c1ccc(-c2cccc(-c3nc(-n4c5ccccc5c5c6cccc7c6n(c54)-c4ccccc4S7)nc4c3ccc3ccccc34)c2)cc1. The lowest BCUT2D eigenvalue weighted by molar-refractivity contribution is 0.964. The van der Waals surface area contributed by atoms with Crippen molar-refractivity contribution in [1.29, 1.82) is 0 Å². The first-order valence-electron chi connectivity index (χ1n) is 16.5. The number of para-hydroxylation sites is 3. The summed E-state index contributed by atoms with van der Waals surface area (Å²) in [6.07, 6.45) is 0. The molecule has 0 fully saturated rings. The van der Waals surface area contributed by atoms with E-state index in [1.54, 1.807) is 0 Å². The Morgan fingerprint density at radius 3 is 2.12 bits per heavy atom. The Morgan fingerprint density at radius 1 is 0.469 bits per heavy atom. The zero-order valence-corrected chi connectivity index (χ0v) is 27.0. The smallest absolute Gasteiger partial charge is 0.237 e. The lowest BCUT2D eigenvalue weighted by atomic mass is 9.98. The molecular formula is C44H26N4S. The molecule has 0 aliphatic carbocycles. The minimum atomic E-state index is 0.659. The van der Waals surface area contributed by atoms with E-state index in [4.69, 9.17) is 9.97 Å². The van der Waals surface area contributed by atoms with Crippen LogP contribution in [0.1, 0.15) is 0 Å². The van der Waals surface area contributed by atoms with E-state index in [2.05, 4.69) is 167 Å². The van der Waals surface area contributed by atoms with E-state index >= 15 is 0 Å². The number of nitrogens with zero attached hydrogens (tertiary/aromatic N) is 4. The highest BCUT2D eigenvalue weighted by molar-refractivity contribution is 7.99. The predicted molar refractivity (Wildman–Crippen MR) is 203 cm³/mol. The van der Waals surface area contributed by atoms with Crippen molar-refractivity contribution in [1.82, 2.24) is 19.1 Å². The Balaban J connectivity index is 1.30. The molecule has 1 aliphatic rings. The number of hydrogen-bond acceptors (Lipinski definition) is 3. The van der Waals surface area contributed by atoms with Gasteiger partial charge in [0.2, 0.25) is 5.95 Å². The van der Waals surface area contributed by atoms with Gasteiger partial charge in [0, 0.05) is 42.3 Å². The van der Waals surface area contributed by atoms with Gasteiger partial charge in [0.05, 0.1) is 27.9 Å². The largest absolute Gasteiger partial charge is 0.293 e. The van der Waals surface area contributed by atoms with Crippen molar-refractivity contribution in [3.05, 3.63) is 158 Å². The van der Waals surface area contributed by atoms with Crippen LogP contribution in [0.25, 0.3) is 88.5 Å². The molecule has 4 nitrogen and oxygen atoms in total. The van der Waals surface area contributed by atoms with Gasteiger partial charge in [-0.25, -0.2) is 9.97 Å². The third-order valence-electron chi connectivity index (χ3n) is 9.90. The van der Waals surface area contributed by atoms with Crippen molar-refractivity contribution in [3.63, 3.8) is 0 Å². The summed E-state index contributed by atoms with van der Waals surface area (Å²) in [7, 11) is 0. The molecule has 10 aromatic rings. The van der Waals surface area contributed by atoms with Gasteiger partial charge in [0.1, 0.15) is 5.65 Å². The van der Waals surface area contributed by atoms with Crippen LogP contribution in [-0.4, -0.2) is 19.1 Å². The predicted octanol–water partition coefficient (Wildman–Crippen LogP) is 11.6. The number of aromatic nitrogens is 4. The molecule has 0 saturated carbocycles. The normalized spacial score (nSPS) is 12.4. The number of rotatable bonds is 3. The Kier molecular flexibility index (Phi) is 5.57. The molecule has 49 heavy (non-hydrogen) atoms. The molecule has 11 rings (SSSR count). The summed E-state index contributed by atoms with van der Waals surface area (Å²) in [5, 5.41) is 6.96. The van der Waals surface area contributed by atoms with E-state index in [-0.39, 0.29) is 0 Å². The molecule has 1 aliphatic heterocycles. The standard InChI is InChI=1S/C44H26N4S/c1-2-12-27(13-3-1)29-15-10-16-30(26-29)40-34-25-24-28-14-4-5-17-31(28)41(34)46-44(45-40)48-35-20-7-6-18-32(35)39-33-19-11-23-38-42(33)47(43(39)48)36-21-8-9-22-37(36)49-38/h1-26H. The minimum absolute atomic E-state index is 0.659. The molecule has 0 unspecified atom stereocenters. The van der Waals surface area contributed by atoms with Crippen LogP contribution < -0.4 is 0 Å². The van der Waals surface area contributed by atoms with Crippen LogP contribution in [-0.2, 0) is 0 Å². The average molecular weight is 643 g/mol. The number of benzene rings is 7. The summed E-state index contributed by atoms with van der Waals surface area (Å²) in [6.45, 7) is 0. The molecule has 3 aromatic heterocycles. The van der Waals surface area contributed by atoms with Gasteiger partial charge in [-0.05, 0) is 52.9 Å². The van der Waals surface area contributed by atoms with E-state index in [0.29, 0.717) is 5.95 Å². The first-order chi connectivity index (χ1) is 24.3. The van der Waals surface area contributed by atoms with Crippen molar-refractivity contribution in [3.8, 4) is 34.0 Å².